The fourth-order valence-corrected chi connectivity index (χ4v) is 3.92. The molecule has 3 aromatic heterocycles. The first kappa shape index (κ1) is 20.6. The number of fused-ring (bicyclic) bond motifs is 1. The van der Waals surface area contributed by atoms with Crippen LogP contribution in [-0.4, -0.2) is 24.3 Å². The topological polar surface area (TPSA) is 98.4 Å². The molecule has 0 radical (unpaired) electrons. The molecule has 2 N–H and O–H groups in total. The fourth-order valence-electron chi connectivity index (χ4n) is 3.46. The summed E-state index contributed by atoms with van der Waals surface area (Å²) >= 11 is 12.6. The van der Waals surface area contributed by atoms with Crippen LogP contribution in [0.15, 0.2) is 52.6 Å². The molecule has 3 aromatic rings. The number of hydrogen-bond donors (Lipinski definition) is 2. The van der Waals surface area contributed by atoms with E-state index in [1.54, 1.807) is 29.4 Å². The smallest absolute Gasteiger partial charge is 0.274 e. The van der Waals surface area contributed by atoms with Crippen molar-refractivity contribution in [2.24, 2.45) is 19.1 Å². The van der Waals surface area contributed by atoms with Crippen LogP contribution in [0.3, 0.4) is 0 Å². The summed E-state index contributed by atoms with van der Waals surface area (Å²) in [7, 11) is 3.54. The van der Waals surface area contributed by atoms with Gasteiger partial charge >= 0.3 is 0 Å². The van der Waals surface area contributed by atoms with Crippen molar-refractivity contribution < 1.29 is 4.74 Å². The third kappa shape index (κ3) is 3.74. The number of aliphatic imine (C=N–C) groups is 1. The van der Waals surface area contributed by atoms with Gasteiger partial charge in [0.25, 0.3) is 5.56 Å². The quantitative estimate of drug-likeness (QED) is 0.547. The summed E-state index contributed by atoms with van der Waals surface area (Å²) in [4.78, 5) is 25.5. The first-order chi connectivity index (χ1) is 15.4. The molecule has 2 aliphatic rings. The van der Waals surface area contributed by atoms with E-state index in [-0.39, 0.29) is 10.7 Å². The molecule has 11 heteroatoms. The highest BCUT2D eigenvalue weighted by Gasteiger charge is 2.25. The Kier molecular flexibility index (Phi) is 5.15. The molecule has 9 nitrogen and oxygen atoms in total. The molecule has 4 heterocycles. The number of nitrogens with zero attached hydrogens (tertiary/aromatic N) is 5. The largest absolute Gasteiger partial charge is 0.459 e. The van der Waals surface area contributed by atoms with E-state index in [1.165, 1.54) is 18.7 Å². The van der Waals surface area contributed by atoms with Gasteiger partial charge in [0, 0.05) is 32.7 Å². The van der Waals surface area contributed by atoms with E-state index < -0.39 is 0 Å². The van der Waals surface area contributed by atoms with Gasteiger partial charge in [0.15, 0.2) is 16.6 Å². The Labute approximate surface area is 193 Å². The van der Waals surface area contributed by atoms with Crippen molar-refractivity contribution in [1.82, 2.24) is 24.4 Å². The molecule has 164 valence electrons. The highest BCUT2D eigenvalue weighted by Crippen LogP contribution is 2.40. The lowest BCUT2D eigenvalue weighted by atomic mass is 10.2. The zero-order chi connectivity index (χ0) is 22.4. The molecule has 1 saturated carbocycles. The highest BCUT2D eigenvalue weighted by atomic mass is 35.5. The van der Waals surface area contributed by atoms with Crippen molar-refractivity contribution in [2.75, 3.05) is 5.32 Å². The zero-order valence-corrected chi connectivity index (χ0v) is 18.8. The summed E-state index contributed by atoms with van der Waals surface area (Å²) in [5.41, 5.74) is 2.94. The number of nitrogens with one attached hydrogen (secondary N) is 2. The van der Waals surface area contributed by atoms with Crippen LogP contribution in [0, 0.1) is 0 Å². The maximum atomic E-state index is 12.6. The van der Waals surface area contributed by atoms with Gasteiger partial charge < -0.3 is 24.5 Å². The van der Waals surface area contributed by atoms with Crippen LogP contribution in [-0.2, 0) is 14.1 Å². The third-order valence-electron chi connectivity index (χ3n) is 5.33. The van der Waals surface area contributed by atoms with Crippen molar-refractivity contribution >= 4 is 51.2 Å². The van der Waals surface area contributed by atoms with Crippen molar-refractivity contribution in [3.05, 3.63) is 63.8 Å². The van der Waals surface area contributed by atoms with E-state index in [4.69, 9.17) is 27.9 Å². The summed E-state index contributed by atoms with van der Waals surface area (Å²) < 4.78 is 9.02. The molecule has 0 spiro atoms. The van der Waals surface area contributed by atoms with Gasteiger partial charge in [0.1, 0.15) is 28.2 Å². The van der Waals surface area contributed by atoms with E-state index in [1.807, 2.05) is 12.3 Å². The minimum atomic E-state index is -0.135. The van der Waals surface area contributed by atoms with Gasteiger partial charge in [-0.05, 0) is 30.4 Å². The maximum absolute atomic E-state index is 12.6. The number of imidazole rings is 1. The van der Waals surface area contributed by atoms with Crippen molar-refractivity contribution in [1.29, 1.82) is 0 Å². The lowest BCUT2D eigenvalue weighted by molar-refractivity contribution is 0.474. The monoisotopic (exact) mass is 471 g/mol. The number of allylic oxidation sites excluding steroid dienone is 1. The predicted molar refractivity (Wildman–Crippen MR) is 125 cm³/mol. The highest BCUT2D eigenvalue weighted by molar-refractivity contribution is 6.69. The van der Waals surface area contributed by atoms with E-state index in [0.29, 0.717) is 45.2 Å². The number of aryl methyl sites for hydroxylation is 2. The van der Waals surface area contributed by atoms with Gasteiger partial charge in [-0.1, -0.05) is 23.2 Å². The second kappa shape index (κ2) is 7.99. The van der Waals surface area contributed by atoms with Crippen LogP contribution >= 0.6 is 23.2 Å². The molecule has 0 saturated heterocycles. The molecule has 0 atom stereocenters. The van der Waals surface area contributed by atoms with Crippen molar-refractivity contribution in [3.63, 3.8) is 0 Å². The predicted octanol–water partition coefficient (Wildman–Crippen LogP) is 3.87. The van der Waals surface area contributed by atoms with E-state index >= 15 is 0 Å². The standard InChI is InChI=1S/C21H19Cl2N7O2/c1-29-9-12(11-3-4-11)7-13(20(29)31)27-21-28-19-17(30(21)2)16(22)15(8-26-19)32-10-14-18(23)25-6-5-24-14/h5-11,24H,3-4H2,1-2H3,(H,26,27,28)/b14-10+. The summed E-state index contributed by atoms with van der Waals surface area (Å²) in [5, 5.41) is 6.67. The average Bonchev–Trinajstić information content (AvgIpc) is 3.57. The van der Waals surface area contributed by atoms with Crippen LogP contribution in [0.1, 0.15) is 24.3 Å². The van der Waals surface area contributed by atoms with Gasteiger partial charge in [-0.2, -0.15) is 4.98 Å². The van der Waals surface area contributed by atoms with Crippen LogP contribution in [0.4, 0.5) is 11.6 Å². The Morgan fingerprint density at radius 2 is 2.12 bits per heavy atom. The normalized spacial score (nSPS) is 16.9. The summed E-state index contributed by atoms with van der Waals surface area (Å²) in [6, 6.07) is 1.89. The zero-order valence-electron chi connectivity index (χ0n) is 17.3. The summed E-state index contributed by atoms with van der Waals surface area (Å²) in [5.74, 6) is 1.29. The second-order valence-corrected chi connectivity index (χ2v) is 8.37. The maximum Gasteiger partial charge on any atom is 0.274 e. The van der Waals surface area contributed by atoms with Crippen LogP contribution in [0.2, 0.25) is 5.02 Å². The second-order valence-electron chi connectivity index (χ2n) is 7.63. The average molecular weight is 472 g/mol. The van der Waals surface area contributed by atoms with E-state index in [9.17, 15) is 4.79 Å². The molecular weight excluding hydrogens is 453 g/mol. The minimum absolute atomic E-state index is 0.135. The number of pyridine rings is 2. The molecular formula is C21H19Cl2N7O2. The molecule has 0 amide bonds. The lowest BCUT2D eigenvalue weighted by Crippen LogP contribution is -2.20. The molecule has 5 rings (SSSR count). The first-order valence-electron chi connectivity index (χ1n) is 9.93. The number of anilines is 2. The SMILES string of the molecule is Cn1cc(C2CC2)cc(Nc2nc3ncc(O/C=C4/NC=CN=C4Cl)c(Cl)c3n2C)c1=O. The molecule has 1 aliphatic carbocycles. The fraction of sp³-hybridized carbons (Fsp3) is 0.238. The summed E-state index contributed by atoms with van der Waals surface area (Å²) in [6.07, 6.45) is 10.2. The molecule has 0 aromatic carbocycles. The van der Waals surface area contributed by atoms with Crippen molar-refractivity contribution in [3.8, 4) is 5.75 Å². The van der Waals surface area contributed by atoms with Crippen molar-refractivity contribution in [2.45, 2.75) is 18.8 Å². The number of hydrogen-bond acceptors (Lipinski definition) is 7. The number of rotatable bonds is 5. The van der Waals surface area contributed by atoms with E-state index in [0.717, 1.165) is 18.4 Å². The molecule has 0 bridgehead atoms. The summed E-state index contributed by atoms with van der Waals surface area (Å²) in [6.45, 7) is 0. The Balaban J connectivity index is 1.48. The number of aromatic nitrogens is 4. The first-order valence-corrected chi connectivity index (χ1v) is 10.7. The molecule has 32 heavy (non-hydrogen) atoms. The Morgan fingerprint density at radius 3 is 2.88 bits per heavy atom. The van der Waals surface area contributed by atoms with Crippen LogP contribution < -0.4 is 20.9 Å². The Morgan fingerprint density at radius 1 is 1.31 bits per heavy atom. The van der Waals surface area contributed by atoms with Gasteiger partial charge in [-0.15, -0.1) is 0 Å². The molecule has 1 fully saturated rings. The number of ether oxygens (including phenoxy) is 1. The molecule has 1 aliphatic heterocycles. The Hall–Kier alpha value is -3.30. The Bertz CT molecular complexity index is 1380. The van der Waals surface area contributed by atoms with Crippen LogP contribution in [0.5, 0.6) is 5.75 Å². The lowest BCUT2D eigenvalue weighted by Gasteiger charge is -2.11. The van der Waals surface area contributed by atoms with Gasteiger partial charge in [-0.25, -0.2) is 9.98 Å². The van der Waals surface area contributed by atoms with Gasteiger partial charge in [0.05, 0.1) is 6.20 Å². The van der Waals surface area contributed by atoms with E-state index in [2.05, 4.69) is 25.6 Å². The molecule has 0 unspecified atom stereocenters. The third-order valence-corrected chi connectivity index (χ3v) is 6.00. The number of halogens is 2. The van der Waals surface area contributed by atoms with Gasteiger partial charge in [0.2, 0.25) is 5.95 Å². The minimum Gasteiger partial charge on any atom is -0.459 e. The van der Waals surface area contributed by atoms with Crippen LogP contribution in [0.25, 0.3) is 11.2 Å². The van der Waals surface area contributed by atoms with Gasteiger partial charge in [-0.3, -0.25) is 4.79 Å².